The van der Waals surface area contributed by atoms with E-state index in [1.807, 2.05) is 0 Å². The van der Waals surface area contributed by atoms with Gasteiger partial charge in [-0.05, 0) is 18.8 Å². The van der Waals surface area contributed by atoms with Gasteiger partial charge >= 0.3 is 5.97 Å². The maximum Gasteiger partial charge on any atom is 0.306 e. The van der Waals surface area contributed by atoms with E-state index in [1.165, 1.54) is 7.11 Å². The average molecular weight is 265 g/mol. The fourth-order valence-corrected chi connectivity index (χ4v) is 2.40. The Bertz CT molecular complexity index is 312. The van der Waals surface area contributed by atoms with Crippen LogP contribution in [-0.2, 0) is 9.53 Å². The lowest BCUT2D eigenvalue weighted by atomic mass is 9.77. The number of alkyl halides is 2. The van der Waals surface area contributed by atoms with Gasteiger partial charge in [0.2, 0.25) is 12.5 Å². The third-order valence-corrected chi connectivity index (χ3v) is 3.47. The number of nitrogens with zero attached hydrogens (tertiary/aromatic N) is 1. The molecule has 0 heterocycles. The number of hydrogen-bond acceptors (Lipinski definition) is 4. The molecule has 0 bridgehead atoms. The first-order valence-electron chi connectivity index (χ1n) is 5.90. The molecule has 1 rings (SSSR count). The minimum atomic E-state index is -2.67. The molecule has 104 valence electrons. The first-order chi connectivity index (χ1) is 8.34. The van der Waals surface area contributed by atoms with Crippen molar-refractivity contribution in [2.45, 2.75) is 38.0 Å². The second-order valence-electron chi connectivity index (χ2n) is 4.75. The van der Waals surface area contributed by atoms with Crippen molar-refractivity contribution in [1.29, 1.82) is 0 Å². The Labute approximate surface area is 104 Å². The van der Waals surface area contributed by atoms with Gasteiger partial charge in [0.1, 0.15) is 0 Å². The smallest absolute Gasteiger partial charge is 0.306 e. The summed E-state index contributed by atoms with van der Waals surface area (Å²) >= 11 is 0. The van der Waals surface area contributed by atoms with Gasteiger partial charge in [-0.3, -0.25) is 14.9 Å². The van der Waals surface area contributed by atoms with Crippen LogP contribution in [0.1, 0.15) is 32.1 Å². The summed E-state index contributed by atoms with van der Waals surface area (Å²) in [6.45, 7) is -0.370. The van der Waals surface area contributed by atoms with Gasteiger partial charge in [-0.2, -0.15) is 0 Å². The van der Waals surface area contributed by atoms with Crippen molar-refractivity contribution in [3.63, 3.8) is 0 Å². The minimum absolute atomic E-state index is 0.0757. The molecule has 1 saturated carbocycles. The summed E-state index contributed by atoms with van der Waals surface area (Å²) in [5.74, 6) is -3.90. The fraction of sp³-hybridized carbons (Fsp3) is 0.909. The fourth-order valence-electron chi connectivity index (χ4n) is 2.40. The molecule has 1 atom stereocenters. The summed E-state index contributed by atoms with van der Waals surface area (Å²) in [6, 6.07) is 0. The van der Waals surface area contributed by atoms with Gasteiger partial charge < -0.3 is 4.74 Å². The SMILES string of the molecule is COC(=O)C[C@H](C[N+](=O)[O-])C1CCC(F)(F)CC1. The molecule has 0 aliphatic heterocycles. The van der Waals surface area contributed by atoms with Gasteiger partial charge in [0.05, 0.1) is 13.5 Å². The molecule has 0 saturated heterocycles. The van der Waals surface area contributed by atoms with Crippen molar-refractivity contribution >= 4 is 5.97 Å². The average Bonchev–Trinajstić information content (AvgIpc) is 2.27. The van der Waals surface area contributed by atoms with Crippen LogP contribution in [0.5, 0.6) is 0 Å². The Morgan fingerprint density at radius 3 is 2.50 bits per heavy atom. The molecule has 0 unspecified atom stereocenters. The number of hydrogen-bond donors (Lipinski definition) is 0. The number of ether oxygens (including phenoxy) is 1. The zero-order chi connectivity index (χ0) is 13.8. The maximum absolute atomic E-state index is 13.0. The summed E-state index contributed by atoms with van der Waals surface area (Å²) in [5, 5.41) is 10.6. The number of methoxy groups -OCH3 is 1. The van der Waals surface area contributed by atoms with Crippen LogP contribution in [0.2, 0.25) is 0 Å². The summed E-state index contributed by atoms with van der Waals surface area (Å²) in [7, 11) is 1.21. The highest BCUT2D eigenvalue weighted by Crippen LogP contribution is 2.40. The highest BCUT2D eigenvalue weighted by molar-refractivity contribution is 5.69. The highest BCUT2D eigenvalue weighted by atomic mass is 19.3. The van der Waals surface area contributed by atoms with Crippen LogP contribution in [-0.4, -0.2) is 30.5 Å². The van der Waals surface area contributed by atoms with Crippen molar-refractivity contribution in [3.05, 3.63) is 10.1 Å². The second kappa shape index (κ2) is 6.06. The van der Waals surface area contributed by atoms with Crippen molar-refractivity contribution < 1.29 is 23.2 Å². The number of rotatable bonds is 5. The molecule has 0 amide bonds. The topological polar surface area (TPSA) is 69.4 Å². The molecule has 0 spiro atoms. The molecule has 5 nitrogen and oxygen atoms in total. The summed E-state index contributed by atoms with van der Waals surface area (Å²) in [5.41, 5.74) is 0. The van der Waals surface area contributed by atoms with Crippen molar-refractivity contribution in [3.8, 4) is 0 Å². The zero-order valence-corrected chi connectivity index (χ0v) is 10.2. The maximum atomic E-state index is 13.0. The third-order valence-electron chi connectivity index (χ3n) is 3.47. The highest BCUT2D eigenvalue weighted by Gasteiger charge is 2.39. The van der Waals surface area contributed by atoms with Crippen LogP contribution in [0.3, 0.4) is 0 Å². The van der Waals surface area contributed by atoms with E-state index in [9.17, 15) is 23.7 Å². The monoisotopic (exact) mass is 265 g/mol. The van der Waals surface area contributed by atoms with Gasteiger partial charge in [-0.25, -0.2) is 8.78 Å². The van der Waals surface area contributed by atoms with Crippen LogP contribution in [0, 0.1) is 22.0 Å². The van der Waals surface area contributed by atoms with Crippen LogP contribution in [0.4, 0.5) is 8.78 Å². The van der Waals surface area contributed by atoms with E-state index < -0.39 is 22.7 Å². The Morgan fingerprint density at radius 2 is 2.06 bits per heavy atom. The standard InChI is InChI=1S/C11H17F2NO4/c1-18-10(15)6-9(7-14(16)17)8-2-4-11(12,13)5-3-8/h8-9H,2-7H2,1H3/t9-/m1/s1. The van der Waals surface area contributed by atoms with Crippen LogP contribution in [0.25, 0.3) is 0 Å². The molecule has 18 heavy (non-hydrogen) atoms. The van der Waals surface area contributed by atoms with Gasteiger partial charge in [0.15, 0.2) is 0 Å². The van der Waals surface area contributed by atoms with Gasteiger partial charge in [-0.15, -0.1) is 0 Å². The predicted molar refractivity (Wildman–Crippen MR) is 58.9 cm³/mol. The Kier molecular flexibility index (Phi) is 4.98. The number of nitro groups is 1. The first kappa shape index (κ1) is 14.8. The van der Waals surface area contributed by atoms with Crippen molar-refractivity contribution in [2.75, 3.05) is 13.7 Å². The van der Waals surface area contributed by atoms with E-state index in [1.54, 1.807) is 0 Å². The molecular weight excluding hydrogens is 248 g/mol. The van der Waals surface area contributed by atoms with E-state index in [0.29, 0.717) is 0 Å². The minimum Gasteiger partial charge on any atom is -0.469 e. The normalized spacial score (nSPS) is 21.3. The van der Waals surface area contributed by atoms with E-state index in [0.717, 1.165) is 0 Å². The lowest BCUT2D eigenvalue weighted by Gasteiger charge is -2.31. The van der Waals surface area contributed by atoms with Crippen molar-refractivity contribution in [1.82, 2.24) is 0 Å². The quantitative estimate of drug-likeness (QED) is 0.434. The number of carbonyl (C=O) groups excluding carboxylic acids is 1. The van der Waals surface area contributed by atoms with Crippen molar-refractivity contribution in [2.24, 2.45) is 11.8 Å². The van der Waals surface area contributed by atoms with Crippen LogP contribution < -0.4 is 0 Å². The van der Waals surface area contributed by atoms with Gasteiger partial charge in [-0.1, -0.05) is 0 Å². The first-order valence-corrected chi connectivity index (χ1v) is 5.90. The van der Waals surface area contributed by atoms with E-state index in [2.05, 4.69) is 4.74 Å². The molecule has 1 fully saturated rings. The molecule has 0 aromatic heterocycles. The van der Waals surface area contributed by atoms with E-state index >= 15 is 0 Å². The number of esters is 1. The van der Waals surface area contributed by atoms with Gasteiger partial charge in [0, 0.05) is 23.7 Å². The van der Waals surface area contributed by atoms with E-state index in [-0.39, 0.29) is 44.6 Å². The summed E-state index contributed by atoms with van der Waals surface area (Å²) in [6.07, 6.45) is -0.140. The Hall–Kier alpha value is -1.27. The molecule has 0 N–H and O–H groups in total. The lowest BCUT2D eigenvalue weighted by Crippen LogP contribution is -2.32. The summed E-state index contributed by atoms with van der Waals surface area (Å²) in [4.78, 5) is 21.2. The van der Waals surface area contributed by atoms with E-state index in [4.69, 9.17) is 0 Å². The Morgan fingerprint density at radius 1 is 1.50 bits per heavy atom. The molecule has 1 aliphatic rings. The Balaban J connectivity index is 2.60. The zero-order valence-electron chi connectivity index (χ0n) is 10.2. The number of carbonyl (C=O) groups is 1. The predicted octanol–water partition coefficient (Wildman–Crippen LogP) is 2.27. The number of halogens is 2. The molecule has 0 radical (unpaired) electrons. The molecular formula is C11H17F2NO4. The second-order valence-corrected chi connectivity index (χ2v) is 4.75. The summed E-state index contributed by atoms with van der Waals surface area (Å²) < 4.78 is 30.5. The molecule has 0 aromatic carbocycles. The lowest BCUT2D eigenvalue weighted by molar-refractivity contribution is -0.490. The molecule has 0 aromatic rings. The van der Waals surface area contributed by atoms with Crippen LogP contribution in [0.15, 0.2) is 0 Å². The van der Waals surface area contributed by atoms with Gasteiger partial charge in [0.25, 0.3) is 0 Å². The largest absolute Gasteiger partial charge is 0.469 e. The third kappa shape index (κ3) is 4.54. The molecule has 7 heteroatoms. The molecule has 1 aliphatic carbocycles. The van der Waals surface area contributed by atoms with Crippen LogP contribution >= 0.6 is 0 Å².